The van der Waals surface area contributed by atoms with Crippen molar-refractivity contribution < 1.29 is 23.2 Å². The van der Waals surface area contributed by atoms with Crippen LogP contribution < -0.4 is 4.74 Å². The van der Waals surface area contributed by atoms with Crippen LogP contribution in [0.4, 0.5) is 4.39 Å². The van der Waals surface area contributed by atoms with Gasteiger partial charge in [-0.15, -0.1) is 0 Å². The summed E-state index contributed by atoms with van der Waals surface area (Å²) in [4.78, 5) is 11.5. The SMILES string of the molecule is CCCS(=O)c1ccc(F)c(C#Cc2cc(Cl)ccc2OC(C)C(=O)O)c1. The van der Waals surface area contributed by atoms with Crippen molar-refractivity contribution in [2.24, 2.45) is 0 Å². The molecular weight excluding hydrogens is 391 g/mol. The van der Waals surface area contributed by atoms with Gasteiger partial charge in [0.25, 0.3) is 0 Å². The van der Waals surface area contributed by atoms with Gasteiger partial charge >= 0.3 is 5.97 Å². The van der Waals surface area contributed by atoms with E-state index in [0.717, 1.165) is 6.42 Å². The summed E-state index contributed by atoms with van der Waals surface area (Å²) in [7, 11) is -1.22. The van der Waals surface area contributed by atoms with Crippen molar-refractivity contribution in [2.45, 2.75) is 31.3 Å². The molecule has 0 radical (unpaired) electrons. The molecular formula is C20H18ClFO4S. The fraction of sp³-hybridized carbons (Fsp3) is 0.250. The summed E-state index contributed by atoms with van der Waals surface area (Å²) >= 11 is 5.98. The van der Waals surface area contributed by atoms with E-state index in [1.54, 1.807) is 6.07 Å². The number of carboxylic acids is 1. The molecule has 0 fully saturated rings. The normalized spacial score (nSPS) is 12.6. The Balaban J connectivity index is 2.39. The monoisotopic (exact) mass is 408 g/mol. The largest absolute Gasteiger partial charge is 0.479 e. The molecule has 2 unspecified atom stereocenters. The maximum atomic E-state index is 14.1. The fourth-order valence-corrected chi connectivity index (χ4v) is 3.37. The summed E-state index contributed by atoms with van der Waals surface area (Å²) in [5, 5.41) is 9.38. The zero-order valence-corrected chi connectivity index (χ0v) is 16.4. The molecule has 7 heteroatoms. The molecule has 4 nitrogen and oxygen atoms in total. The molecule has 2 rings (SSSR count). The first-order valence-corrected chi connectivity index (χ1v) is 9.90. The van der Waals surface area contributed by atoms with Gasteiger partial charge in [0, 0.05) is 15.7 Å². The first-order chi connectivity index (χ1) is 12.8. The Bertz CT molecular complexity index is 933. The van der Waals surface area contributed by atoms with Crippen molar-refractivity contribution >= 4 is 28.4 Å². The van der Waals surface area contributed by atoms with E-state index in [0.29, 0.717) is 21.2 Å². The van der Waals surface area contributed by atoms with Crippen LogP contribution in [-0.4, -0.2) is 27.1 Å². The highest BCUT2D eigenvalue weighted by molar-refractivity contribution is 7.85. The van der Waals surface area contributed by atoms with Gasteiger partial charge in [-0.1, -0.05) is 30.4 Å². The topological polar surface area (TPSA) is 63.6 Å². The minimum absolute atomic E-state index is 0.0918. The maximum absolute atomic E-state index is 14.1. The van der Waals surface area contributed by atoms with Gasteiger partial charge in [0.2, 0.25) is 0 Å². The van der Waals surface area contributed by atoms with E-state index in [1.807, 2.05) is 6.92 Å². The van der Waals surface area contributed by atoms with Crippen LogP contribution >= 0.6 is 11.6 Å². The molecule has 0 amide bonds. The van der Waals surface area contributed by atoms with Gasteiger partial charge in [-0.2, -0.15) is 0 Å². The molecule has 0 saturated heterocycles. The first-order valence-electron chi connectivity index (χ1n) is 8.20. The summed E-state index contributed by atoms with van der Waals surface area (Å²) in [6.45, 7) is 3.31. The zero-order valence-electron chi connectivity index (χ0n) is 14.8. The fourth-order valence-electron chi connectivity index (χ4n) is 2.12. The highest BCUT2D eigenvalue weighted by Crippen LogP contribution is 2.23. The lowest BCUT2D eigenvalue weighted by molar-refractivity contribution is -0.144. The number of aliphatic carboxylic acids is 1. The van der Waals surface area contributed by atoms with Crippen LogP contribution in [0.15, 0.2) is 41.3 Å². The van der Waals surface area contributed by atoms with Crippen LogP contribution in [0.25, 0.3) is 0 Å². The number of benzene rings is 2. The van der Waals surface area contributed by atoms with Gasteiger partial charge in [-0.25, -0.2) is 9.18 Å². The number of hydrogen-bond donors (Lipinski definition) is 1. The second-order valence-electron chi connectivity index (χ2n) is 5.68. The predicted molar refractivity (Wildman–Crippen MR) is 103 cm³/mol. The second kappa shape index (κ2) is 9.54. The number of carbonyl (C=O) groups is 1. The van der Waals surface area contributed by atoms with Crippen LogP contribution in [0.3, 0.4) is 0 Å². The smallest absolute Gasteiger partial charge is 0.344 e. The number of hydrogen-bond acceptors (Lipinski definition) is 3. The highest BCUT2D eigenvalue weighted by Gasteiger charge is 2.14. The summed E-state index contributed by atoms with van der Waals surface area (Å²) in [6, 6.07) is 8.73. The van der Waals surface area contributed by atoms with Crippen LogP contribution in [0.5, 0.6) is 5.75 Å². The lowest BCUT2D eigenvalue weighted by atomic mass is 10.1. The minimum Gasteiger partial charge on any atom is -0.479 e. The average molecular weight is 409 g/mol. The molecule has 0 aliphatic heterocycles. The van der Waals surface area contributed by atoms with E-state index in [-0.39, 0.29) is 11.3 Å². The van der Waals surface area contributed by atoms with E-state index in [2.05, 4.69) is 11.8 Å². The third-order valence-corrected chi connectivity index (χ3v) is 5.31. The minimum atomic E-state index is -1.22. The molecule has 0 aliphatic rings. The van der Waals surface area contributed by atoms with Gasteiger partial charge in [-0.05, 0) is 49.7 Å². The number of carboxylic acid groups (broad SMARTS) is 1. The molecule has 142 valence electrons. The Hall–Kier alpha value is -2.36. The molecule has 2 aromatic carbocycles. The van der Waals surface area contributed by atoms with Crippen LogP contribution in [0, 0.1) is 17.7 Å². The van der Waals surface area contributed by atoms with Crippen molar-refractivity contribution in [1.82, 2.24) is 0 Å². The average Bonchev–Trinajstić information content (AvgIpc) is 2.62. The Kier molecular flexibility index (Phi) is 7.40. The molecule has 2 aromatic rings. The summed E-state index contributed by atoms with van der Waals surface area (Å²) in [6.07, 6.45) is -0.334. The quantitative estimate of drug-likeness (QED) is 0.726. The van der Waals surface area contributed by atoms with Gasteiger partial charge in [0.1, 0.15) is 11.6 Å². The Morgan fingerprint density at radius 1 is 1.26 bits per heavy atom. The zero-order chi connectivity index (χ0) is 20.0. The molecule has 0 aliphatic carbocycles. The molecule has 0 bridgehead atoms. The summed E-state index contributed by atoms with van der Waals surface area (Å²) in [5.41, 5.74) is 0.421. The lowest BCUT2D eigenvalue weighted by Crippen LogP contribution is -2.23. The molecule has 0 spiro atoms. The summed E-state index contributed by atoms with van der Waals surface area (Å²) < 4.78 is 31.6. The van der Waals surface area contributed by atoms with E-state index in [4.69, 9.17) is 21.4 Å². The van der Waals surface area contributed by atoms with Crippen molar-refractivity contribution in [2.75, 3.05) is 5.75 Å². The lowest BCUT2D eigenvalue weighted by Gasteiger charge is -2.12. The van der Waals surface area contributed by atoms with Gasteiger partial charge in [0.05, 0.1) is 21.9 Å². The predicted octanol–water partition coefficient (Wildman–Crippen LogP) is 4.25. The van der Waals surface area contributed by atoms with Crippen molar-refractivity contribution in [3.8, 4) is 17.6 Å². The van der Waals surface area contributed by atoms with Crippen LogP contribution in [-0.2, 0) is 15.6 Å². The van der Waals surface area contributed by atoms with Crippen molar-refractivity contribution in [3.63, 3.8) is 0 Å². The van der Waals surface area contributed by atoms with Crippen LogP contribution in [0.1, 0.15) is 31.4 Å². The number of ether oxygens (including phenoxy) is 1. The highest BCUT2D eigenvalue weighted by atomic mass is 35.5. The number of halogens is 2. The molecule has 27 heavy (non-hydrogen) atoms. The van der Waals surface area contributed by atoms with E-state index >= 15 is 0 Å². The standard InChI is InChI=1S/C20H18ClFO4S/c1-3-10-27(25)17-7-8-18(22)14(12-17)4-5-15-11-16(21)6-9-19(15)26-13(2)20(23)24/h6-9,11-13H,3,10H2,1-2H3,(H,23,24). The van der Waals surface area contributed by atoms with Crippen LogP contribution in [0.2, 0.25) is 5.02 Å². The molecule has 2 atom stereocenters. The maximum Gasteiger partial charge on any atom is 0.344 e. The third-order valence-electron chi connectivity index (χ3n) is 3.52. The Morgan fingerprint density at radius 2 is 1.96 bits per heavy atom. The Labute approximate surface area is 164 Å². The molecule has 1 N–H and O–H groups in total. The van der Waals surface area contributed by atoms with Crippen molar-refractivity contribution in [1.29, 1.82) is 0 Å². The number of rotatable bonds is 6. The van der Waals surface area contributed by atoms with E-state index < -0.39 is 28.7 Å². The van der Waals surface area contributed by atoms with Gasteiger partial charge in [-0.3, -0.25) is 4.21 Å². The second-order valence-corrected chi connectivity index (χ2v) is 7.69. The van der Waals surface area contributed by atoms with Gasteiger partial charge < -0.3 is 9.84 Å². The van der Waals surface area contributed by atoms with Gasteiger partial charge in [0.15, 0.2) is 6.10 Å². The van der Waals surface area contributed by atoms with E-state index in [1.165, 1.54) is 37.3 Å². The van der Waals surface area contributed by atoms with E-state index in [9.17, 15) is 13.4 Å². The first kappa shape index (κ1) is 20.9. The molecule has 0 heterocycles. The third kappa shape index (κ3) is 5.81. The molecule has 0 saturated carbocycles. The Morgan fingerprint density at radius 3 is 2.63 bits per heavy atom. The summed E-state index contributed by atoms with van der Waals surface area (Å²) in [5.74, 6) is 4.50. The molecule has 0 aromatic heterocycles. The van der Waals surface area contributed by atoms with Crippen molar-refractivity contribution in [3.05, 3.63) is 58.4 Å².